The number of ether oxygens (including phenoxy) is 1. The molecule has 2 aromatic carbocycles. The lowest BCUT2D eigenvalue weighted by Crippen LogP contribution is -2.25. The Hall–Kier alpha value is -2.82. The number of carbonyl (C=O) groups excluding carboxylic acids is 1. The van der Waals surface area contributed by atoms with Crippen LogP contribution >= 0.6 is 0 Å². The lowest BCUT2D eigenvalue weighted by molar-refractivity contribution is -0.136. The Kier molecular flexibility index (Phi) is 4.93. The Balaban J connectivity index is 2.00. The zero-order valence-electron chi connectivity index (χ0n) is 11.3. The van der Waals surface area contributed by atoms with E-state index in [2.05, 4.69) is 5.32 Å². The molecule has 0 atom stereocenters. The van der Waals surface area contributed by atoms with Crippen LogP contribution in [0.25, 0.3) is 0 Å². The highest BCUT2D eigenvalue weighted by Crippen LogP contribution is 2.21. The Labute approximate surface area is 122 Å². The summed E-state index contributed by atoms with van der Waals surface area (Å²) >= 11 is 0. The smallest absolute Gasteiger partial charge is 0.305 e. The minimum atomic E-state index is -0.948. The molecule has 5 heteroatoms. The molecule has 0 aliphatic rings. The van der Waals surface area contributed by atoms with E-state index in [0.29, 0.717) is 17.1 Å². The second-order valence-electron chi connectivity index (χ2n) is 4.34. The molecule has 0 bridgehead atoms. The molecule has 0 fully saturated rings. The molecule has 1 amide bonds. The van der Waals surface area contributed by atoms with Gasteiger partial charge in [0, 0.05) is 12.1 Å². The number of rotatable bonds is 6. The van der Waals surface area contributed by atoms with Gasteiger partial charge >= 0.3 is 5.97 Å². The maximum absolute atomic E-state index is 11.9. The van der Waals surface area contributed by atoms with Crippen LogP contribution in [0.3, 0.4) is 0 Å². The number of para-hydroxylation sites is 1. The highest BCUT2D eigenvalue weighted by molar-refractivity contribution is 5.94. The van der Waals surface area contributed by atoms with Crippen molar-refractivity contribution < 1.29 is 19.4 Å². The summed E-state index contributed by atoms with van der Waals surface area (Å²) < 4.78 is 5.64. The number of hydrogen-bond acceptors (Lipinski definition) is 3. The van der Waals surface area contributed by atoms with Crippen LogP contribution in [-0.2, 0) is 4.79 Å². The molecule has 0 aromatic heterocycles. The van der Waals surface area contributed by atoms with E-state index in [4.69, 9.17) is 9.84 Å². The summed E-state index contributed by atoms with van der Waals surface area (Å²) in [5.41, 5.74) is 0.425. The third kappa shape index (κ3) is 4.65. The number of amides is 1. The maximum atomic E-state index is 11.9. The van der Waals surface area contributed by atoms with Gasteiger partial charge in [-0.2, -0.15) is 0 Å². The Morgan fingerprint density at radius 1 is 1.00 bits per heavy atom. The van der Waals surface area contributed by atoms with Crippen LogP contribution in [0.1, 0.15) is 16.8 Å². The number of aliphatic carboxylic acids is 1. The first-order chi connectivity index (χ1) is 10.1. The molecule has 0 spiro atoms. The van der Waals surface area contributed by atoms with Crippen LogP contribution < -0.4 is 10.1 Å². The fourth-order valence-electron chi connectivity index (χ4n) is 1.71. The van der Waals surface area contributed by atoms with Crippen molar-refractivity contribution in [2.75, 3.05) is 6.54 Å². The van der Waals surface area contributed by atoms with Crippen LogP contribution in [0.2, 0.25) is 0 Å². The van der Waals surface area contributed by atoms with E-state index in [9.17, 15) is 9.59 Å². The van der Waals surface area contributed by atoms with E-state index in [-0.39, 0.29) is 18.9 Å². The second-order valence-corrected chi connectivity index (χ2v) is 4.34. The van der Waals surface area contributed by atoms with E-state index in [0.717, 1.165) is 0 Å². The number of carbonyl (C=O) groups is 2. The van der Waals surface area contributed by atoms with Crippen molar-refractivity contribution in [2.45, 2.75) is 6.42 Å². The standard InChI is InChI=1S/C16H15NO4/c18-15(19)9-10-17-16(20)12-5-4-8-14(11-12)21-13-6-2-1-3-7-13/h1-8,11H,9-10H2,(H,17,20)(H,18,19). The summed E-state index contributed by atoms with van der Waals surface area (Å²) in [7, 11) is 0. The van der Waals surface area contributed by atoms with Gasteiger partial charge in [0.15, 0.2) is 0 Å². The van der Waals surface area contributed by atoms with Crippen molar-refractivity contribution >= 4 is 11.9 Å². The molecule has 0 aliphatic carbocycles. The van der Waals surface area contributed by atoms with Crippen LogP contribution in [0.5, 0.6) is 11.5 Å². The Morgan fingerprint density at radius 3 is 2.43 bits per heavy atom. The number of nitrogens with one attached hydrogen (secondary N) is 1. The Bertz CT molecular complexity index is 625. The third-order valence-electron chi connectivity index (χ3n) is 2.70. The quantitative estimate of drug-likeness (QED) is 0.855. The lowest BCUT2D eigenvalue weighted by atomic mass is 10.2. The van der Waals surface area contributed by atoms with Crippen LogP contribution in [-0.4, -0.2) is 23.5 Å². The average Bonchev–Trinajstić information content (AvgIpc) is 2.48. The first kappa shape index (κ1) is 14.6. The highest BCUT2D eigenvalue weighted by atomic mass is 16.5. The lowest BCUT2D eigenvalue weighted by Gasteiger charge is -2.08. The van der Waals surface area contributed by atoms with E-state index in [1.54, 1.807) is 24.3 Å². The van der Waals surface area contributed by atoms with Gasteiger partial charge in [-0.25, -0.2) is 0 Å². The van der Waals surface area contributed by atoms with E-state index >= 15 is 0 Å². The van der Waals surface area contributed by atoms with Crippen LogP contribution in [0.4, 0.5) is 0 Å². The fourth-order valence-corrected chi connectivity index (χ4v) is 1.71. The summed E-state index contributed by atoms with van der Waals surface area (Å²) in [6.07, 6.45) is -0.105. The molecule has 0 heterocycles. The molecular weight excluding hydrogens is 270 g/mol. The molecule has 0 saturated carbocycles. The van der Waals surface area contributed by atoms with Gasteiger partial charge in [0.05, 0.1) is 6.42 Å². The van der Waals surface area contributed by atoms with Gasteiger partial charge in [0.1, 0.15) is 11.5 Å². The number of benzene rings is 2. The monoisotopic (exact) mass is 285 g/mol. The van der Waals surface area contributed by atoms with Gasteiger partial charge in [-0.15, -0.1) is 0 Å². The molecule has 21 heavy (non-hydrogen) atoms. The van der Waals surface area contributed by atoms with Gasteiger partial charge in [-0.1, -0.05) is 24.3 Å². The van der Waals surface area contributed by atoms with Crippen molar-refractivity contribution in [3.8, 4) is 11.5 Å². The molecule has 2 N–H and O–H groups in total. The topological polar surface area (TPSA) is 75.6 Å². The van der Waals surface area contributed by atoms with Gasteiger partial charge in [-0.3, -0.25) is 9.59 Å². The van der Waals surface area contributed by atoms with Gasteiger partial charge < -0.3 is 15.2 Å². The molecule has 108 valence electrons. The molecule has 0 aliphatic heterocycles. The summed E-state index contributed by atoms with van der Waals surface area (Å²) in [5, 5.41) is 11.1. The number of hydrogen-bond donors (Lipinski definition) is 2. The second kappa shape index (κ2) is 7.09. The predicted octanol–water partition coefficient (Wildman–Crippen LogP) is 2.68. The molecule has 0 radical (unpaired) electrons. The van der Waals surface area contributed by atoms with E-state index in [1.165, 1.54) is 0 Å². The van der Waals surface area contributed by atoms with Crippen molar-refractivity contribution in [3.05, 3.63) is 60.2 Å². The van der Waals surface area contributed by atoms with Gasteiger partial charge in [0.25, 0.3) is 5.91 Å². The normalized spacial score (nSPS) is 9.90. The van der Waals surface area contributed by atoms with Gasteiger partial charge in [-0.05, 0) is 30.3 Å². The summed E-state index contributed by atoms with van der Waals surface area (Å²) in [5.74, 6) is -0.0424. The summed E-state index contributed by atoms with van der Waals surface area (Å²) in [4.78, 5) is 22.3. The van der Waals surface area contributed by atoms with E-state index < -0.39 is 5.97 Å². The van der Waals surface area contributed by atoms with Crippen LogP contribution in [0.15, 0.2) is 54.6 Å². The summed E-state index contributed by atoms with van der Waals surface area (Å²) in [6, 6.07) is 16.0. The Morgan fingerprint density at radius 2 is 1.71 bits per heavy atom. The number of carboxylic acid groups (broad SMARTS) is 1. The zero-order valence-corrected chi connectivity index (χ0v) is 11.3. The van der Waals surface area contributed by atoms with Crippen molar-refractivity contribution in [3.63, 3.8) is 0 Å². The zero-order chi connectivity index (χ0) is 15.1. The average molecular weight is 285 g/mol. The first-order valence-electron chi connectivity index (χ1n) is 6.48. The summed E-state index contributed by atoms with van der Waals surface area (Å²) in [6.45, 7) is 0.0952. The van der Waals surface area contributed by atoms with Crippen molar-refractivity contribution in [1.82, 2.24) is 5.32 Å². The molecule has 2 rings (SSSR count). The molecule has 0 unspecified atom stereocenters. The van der Waals surface area contributed by atoms with E-state index in [1.807, 2.05) is 30.3 Å². The van der Waals surface area contributed by atoms with Crippen molar-refractivity contribution in [1.29, 1.82) is 0 Å². The largest absolute Gasteiger partial charge is 0.481 e. The first-order valence-corrected chi connectivity index (χ1v) is 6.48. The molecular formula is C16H15NO4. The fraction of sp³-hybridized carbons (Fsp3) is 0.125. The minimum Gasteiger partial charge on any atom is -0.481 e. The molecule has 2 aromatic rings. The van der Waals surface area contributed by atoms with Crippen molar-refractivity contribution in [2.24, 2.45) is 0 Å². The maximum Gasteiger partial charge on any atom is 0.305 e. The third-order valence-corrected chi connectivity index (χ3v) is 2.70. The van der Waals surface area contributed by atoms with Crippen LogP contribution in [0, 0.1) is 0 Å². The SMILES string of the molecule is O=C(O)CCNC(=O)c1cccc(Oc2ccccc2)c1. The molecule has 5 nitrogen and oxygen atoms in total. The number of carboxylic acids is 1. The minimum absolute atomic E-state index is 0.0952. The van der Waals surface area contributed by atoms with Gasteiger partial charge in [0.2, 0.25) is 0 Å². The molecule has 0 saturated heterocycles. The predicted molar refractivity (Wildman–Crippen MR) is 77.5 cm³/mol. The highest BCUT2D eigenvalue weighted by Gasteiger charge is 2.07.